The van der Waals surface area contributed by atoms with Gasteiger partial charge >= 0.3 is 0 Å². The van der Waals surface area contributed by atoms with Crippen LogP contribution in [0.2, 0.25) is 5.02 Å². The van der Waals surface area contributed by atoms with E-state index in [-0.39, 0.29) is 0 Å². The molecule has 0 radical (unpaired) electrons. The van der Waals surface area contributed by atoms with Crippen molar-refractivity contribution in [3.63, 3.8) is 0 Å². The smallest absolute Gasteiger partial charge is 0.0786 e. The Morgan fingerprint density at radius 1 is 1.30 bits per heavy atom. The van der Waals surface area contributed by atoms with Crippen LogP contribution < -0.4 is 5.32 Å². The predicted molar refractivity (Wildman–Crippen MR) is 79.3 cm³/mol. The summed E-state index contributed by atoms with van der Waals surface area (Å²) in [4.78, 5) is 2.40. The molecule has 1 aromatic carbocycles. The van der Waals surface area contributed by atoms with Crippen molar-refractivity contribution in [1.82, 2.24) is 25.2 Å². The van der Waals surface area contributed by atoms with Gasteiger partial charge in [-0.15, -0.1) is 5.10 Å². The van der Waals surface area contributed by atoms with Crippen LogP contribution in [0.25, 0.3) is 5.69 Å². The number of benzene rings is 1. The highest BCUT2D eigenvalue weighted by atomic mass is 35.5. The van der Waals surface area contributed by atoms with E-state index >= 15 is 0 Å². The normalized spacial score (nSPS) is 16.5. The number of aryl methyl sites for hydroxylation is 1. The van der Waals surface area contributed by atoms with Crippen molar-refractivity contribution < 1.29 is 0 Å². The fraction of sp³-hybridized carbons (Fsp3) is 0.429. The zero-order valence-electron chi connectivity index (χ0n) is 11.5. The molecular weight excluding hydrogens is 274 g/mol. The second kappa shape index (κ2) is 5.91. The lowest BCUT2D eigenvalue weighted by Gasteiger charge is -2.26. The van der Waals surface area contributed by atoms with Gasteiger partial charge < -0.3 is 5.32 Å². The molecule has 2 aromatic rings. The van der Waals surface area contributed by atoms with Crippen molar-refractivity contribution in [3.05, 3.63) is 40.7 Å². The Hall–Kier alpha value is -1.43. The lowest BCUT2D eigenvalue weighted by molar-refractivity contribution is 0.229. The Balaban J connectivity index is 1.83. The molecule has 1 saturated heterocycles. The average molecular weight is 292 g/mol. The molecule has 1 N–H and O–H groups in total. The van der Waals surface area contributed by atoms with E-state index in [9.17, 15) is 0 Å². The first-order valence-electron chi connectivity index (χ1n) is 6.83. The minimum atomic E-state index is 0.756. The Morgan fingerprint density at radius 3 is 2.85 bits per heavy atom. The zero-order chi connectivity index (χ0) is 13.9. The summed E-state index contributed by atoms with van der Waals surface area (Å²) < 4.78 is 1.87. The van der Waals surface area contributed by atoms with Crippen LogP contribution >= 0.6 is 11.6 Å². The largest absolute Gasteiger partial charge is 0.314 e. The van der Waals surface area contributed by atoms with Gasteiger partial charge in [0.2, 0.25) is 0 Å². The fourth-order valence-electron chi connectivity index (χ4n) is 2.39. The van der Waals surface area contributed by atoms with Gasteiger partial charge in [0.15, 0.2) is 0 Å². The second-order valence-corrected chi connectivity index (χ2v) is 5.50. The van der Waals surface area contributed by atoms with Crippen molar-refractivity contribution >= 4 is 11.6 Å². The number of nitrogens with one attached hydrogen (secondary N) is 1. The molecule has 1 aromatic heterocycles. The van der Waals surface area contributed by atoms with E-state index < -0.39 is 0 Å². The van der Waals surface area contributed by atoms with E-state index in [1.807, 2.05) is 36.0 Å². The fourth-order valence-corrected chi connectivity index (χ4v) is 2.57. The molecule has 0 spiro atoms. The maximum atomic E-state index is 6.19. The van der Waals surface area contributed by atoms with E-state index in [0.717, 1.165) is 54.7 Å². The SMILES string of the molecule is Cc1ccc(-n2nncc2CN2CCNCC2)cc1Cl. The quantitative estimate of drug-likeness (QED) is 0.934. The molecule has 0 bridgehead atoms. The Morgan fingerprint density at radius 2 is 2.10 bits per heavy atom. The molecule has 5 nitrogen and oxygen atoms in total. The van der Waals surface area contributed by atoms with Gasteiger partial charge in [-0.1, -0.05) is 22.9 Å². The van der Waals surface area contributed by atoms with Gasteiger partial charge in [-0.25, -0.2) is 4.68 Å². The van der Waals surface area contributed by atoms with Crippen molar-refractivity contribution in [2.45, 2.75) is 13.5 Å². The van der Waals surface area contributed by atoms with E-state index in [1.54, 1.807) is 0 Å². The van der Waals surface area contributed by atoms with Crippen LogP contribution in [0.4, 0.5) is 0 Å². The van der Waals surface area contributed by atoms with Gasteiger partial charge in [0.05, 0.1) is 17.6 Å². The molecule has 0 saturated carbocycles. The van der Waals surface area contributed by atoms with Gasteiger partial charge in [-0.3, -0.25) is 4.90 Å². The maximum Gasteiger partial charge on any atom is 0.0786 e. The summed E-state index contributed by atoms with van der Waals surface area (Å²) in [6, 6.07) is 5.97. The zero-order valence-corrected chi connectivity index (χ0v) is 12.3. The van der Waals surface area contributed by atoms with E-state index in [1.165, 1.54) is 0 Å². The summed E-state index contributed by atoms with van der Waals surface area (Å²) in [7, 11) is 0. The first kappa shape index (κ1) is 13.5. The summed E-state index contributed by atoms with van der Waals surface area (Å²) >= 11 is 6.19. The highest BCUT2D eigenvalue weighted by Crippen LogP contribution is 2.20. The molecule has 0 aliphatic carbocycles. The van der Waals surface area contributed by atoms with Gasteiger partial charge in [0, 0.05) is 37.7 Å². The van der Waals surface area contributed by atoms with Crippen molar-refractivity contribution in [3.8, 4) is 5.69 Å². The lowest BCUT2D eigenvalue weighted by Crippen LogP contribution is -2.43. The highest BCUT2D eigenvalue weighted by Gasteiger charge is 2.14. The monoisotopic (exact) mass is 291 g/mol. The molecule has 2 heterocycles. The third-order valence-corrected chi connectivity index (χ3v) is 4.02. The molecule has 0 atom stereocenters. The number of halogens is 1. The van der Waals surface area contributed by atoms with Crippen molar-refractivity contribution in [1.29, 1.82) is 0 Å². The molecule has 6 heteroatoms. The van der Waals surface area contributed by atoms with Crippen LogP contribution in [0.3, 0.4) is 0 Å². The number of piperazine rings is 1. The Labute approximate surface area is 123 Å². The number of rotatable bonds is 3. The molecule has 3 rings (SSSR count). The third kappa shape index (κ3) is 2.85. The van der Waals surface area contributed by atoms with Crippen LogP contribution in [0.5, 0.6) is 0 Å². The minimum absolute atomic E-state index is 0.756. The van der Waals surface area contributed by atoms with Crippen molar-refractivity contribution in [2.24, 2.45) is 0 Å². The Kier molecular flexibility index (Phi) is 4.00. The molecule has 106 valence electrons. The summed E-state index contributed by atoms with van der Waals surface area (Å²) in [5.41, 5.74) is 3.12. The van der Waals surface area contributed by atoms with Gasteiger partial charge in [0.1, 0.15) is 0 Å². The van der Waals surface area contributed by atoms with Gasteiger partial charge in [0.25, 0.3) is 0 Å². The molecule has 1 fully saturated rings. The lowest BCUT2D eigenvalue weighted by atomic mass is 10.2. The summed E-state index contributed by atoms with van der Waals surface area (Å²) in [5, 5.41) is 12.3. The van der Waals surface area contributed by atoms with Crippen LogP contribution in [0, 0.1) is 6.92 Å². The van der Waals surface area contributed by atoms with Crippen LogP contribution in [-0.4, -0.2) is 46.1 Å². The molecule has 0 amide bonds. The van der Waals surface area contributed by atoms with E-state index in [4.69, 9.17) is 11.6 Å². The summed E-state index contributed by atoms with van der Waals surface area (Å²) in [6.45, 7) is 7.05. The number of hydrogen-bond donors (Lipinski definition) is 1. The number of hydrogen-bond acceptors (Lipinski definition) is 4. The number of aromatic nitrogens is 3. The Bertz CT molecular complexity index is 589. The highest BCUT2D eigenvalue weighted by molar-refractivity contribution is 6.31. The number of nitrogens with zero attached hydrogens (tertiary/aromatic N) is 4. The maximum absolute atomic E-state index is 6.19. The average Bonchev–Trinajstić information content (AvgIpc) is 2.91. The second-order valence-electron chi connectivity index (χ2n) is 5.10. The third-order valence-electron chi connectivity index (χ3n) is 3.62. The molecule has 0 unspecified atom stereocenters. The van der Waals surface area contributed by atoms with E-state index in [2.05, 4.69) is 20.5 Å². The van der Waals surface area contributed by atoms with Crippen molar-refractivity contribution in [2.75, 3.05) is 26.2 Å². The van der Waals surface area contributed by atoms with Crippen LogP contribution in [0.15, 0.2) is 24.4 Å². The first-order chi connectivity index (χ1) is 9.74. The van der Waals surface area contributed by atoms with Gasteiger partial charge in [-0.05, 0) is 24.6 Å². The molecule has 1 aliphatic rings. The first-order valence-corrected chi connectivity index (χ1v) is 7.21. The van der Waals surface area contributed by atoms with Crippen LogP contribution in [0.1, 0.15) is 11.3 Å². The van der Waals surface area contributed by atoms with E-state index in [0.29, 0.717) is 0 Å². The molecule has 1 aliphatic heterocycles. The minimum Gasteiger partial charge on any atom is -0.314 e. The predicted octanol–water partition coefficient (Wildman–Crippen LogP) is 1.63. The summed E-state index contributed by atoms with van der Waals surface area (Å²) in [6.07, 6.45) is 1.83. The van der Waals surface area contributed by atoms with Gasteiger partial charge in [-0.2, -0.15) is 0 Å². The topological polar surface area (TPSA) is 46.0 Å². The van der Waals surface area contributed by atoms with Crippen LogP contribution in [-0.2, 0) is 6.54 Å². The molecular formula is C14H18ClN5. The standard InChI is InChI=1S/C14H18ClN5/c1-11-2-3-12(8-14(11)15)20-13(9-17-18-20)10-19-6-4-16-5-7-19/h2-3,8-9,16H,4-7,10H2,1H3. The molecule has 20 heavy (non-hydrogen) atoms. The summed E-state index contributed by atoms with van der Waals surface area (Å²) in [5.74, 6) is 0.